The second-order valence-electron chi connectivity index (χ2n) is 4.76. The van der Waals surface area contributed by atoms with E-state index >= 15 is 0 Å². The third-order valence-electron chi connectivity index (χ3n) is 3.84. The van der Waals surface area contributed by atoms with Gasteiger partial charge < -0.3 is 15.4 Å². The summed E-state index contributed by atoms with van der Waals surface area (Å²) in [6.45, 7) is 3.97. The van der Waals surface area contributed by atoms with Gasteiger partial charge in [0.25, 0.3) is 0 Å². The molecular formula is C14H20N2O2. The van der Waals surface area contributed by atoms with Crippen LogP contribution in [0.15, 0.2) is 24.3 Å². The van der Waals surface area contributed by atoms with E-state index in [1.54, 1.807) is 0 Å². The Hall–Kier alpha value is -1.55. The number of hydrogen-bond acceptors (Lipinski definition) is 4. The lowest BCUT2D eigenvalue weighted by atomic mass is 10.0. The van der Waals surface area contributed by atoms with Gasteiger partial charge in [0, 0.05) is 18.3 Å². The van der Waals surface area contributed by atoms with E-state index in [0.717, 1.165) is 25.2 Å². The van der Waals surface area contributed by atoms with E-state index in [1.165, 1.54) is 7.11 Å². The number of nitrogens with two attached hydrogens (primary N) is 1. The van der Waals surface area contributed by atoms with Crippen LogP contribution in [0.5, 0.6) is 0 Å². The summed E-state index contributed by atoms with van der Waals surface area (Å²) < 4.78 is 4.69. The molecule has 4 nitrogen and oxygen atoms in total. The zero-order valence-corrected chi connectivity index (χ0v) is 10.9. The van der Waals surface area contributed by atoms with Crippen molar-refractivity contribution in [3.8, 4) is 0 Å². The van der Waals surface area contributed by atoms with Crippen molar-refractivity contribution < 1.29 is 9.53 Å². The summed E-state index contributed by atoms with van der Waals surface area (Å²) in [6, 6.07) is 8.02. The molecule has 1 heterocycles. The Kier molecular flexibility index (Phi) is 3.87. The van der Waals surface area contributed by atoms with Gasteiger partial charge in [-0.3, -0.25) is 0 Å². The van der Waals surface area contributed by atoms with E-state index in [1.807, 2.05) is 24.3 Å². The first-order chi connectivity index (χ1) is 8.67. The molecule has 1 aromatic carbocycles. The maximum atomic E-state index is 11.4. The third-order valence-corrected chi connectivity index (χ3v) is 3.84. The molecule has 1 aliphatic heterocycles. The van der Waals surface area contributed by atoms with Crippen molar-refractivity contribution in [3.05, 3.63) is 29.8 Å². The largest absolute Gasteiger partial charge is 0.465 e. The summed E-state index contributed by atoms with van der Waals surface area (Å²) >= 11 is 0. The minimum absolute atomic E-state index is 0.296. The number of nitrogens with zero attached hydrogens (tertiary/aromatic N) is 1. The maximum Gasteiger partial charge on any atom is 0.337 e. The lowest BCUT2D eigenvalue weighted by Crippen LogP contribution is -2.32. The molecule has 2 N–H and O–H groups in total. The summed E-state index contributed by atoms with van der Waals surface area (Å²) in [5, 5.41) is 0. The zero-order chi connectivity index (χ0) is 13.1. The van der Waals surface area contributed by atoms with Crippen LogP contribution in [0.4, 0.5) is 5.69 Å². The Balaban J connectivity index is 2.13. The average Bonchev–Trinajstić information content (AvgIpc) is 2.79. The monoisotopic (exact) mass is 248 g/mol. The smallest absolute Gasteiger partial charge is 0.337 e. The number of ether oxygens (including phenoxy) is 1. The van der Waals surface area contributed by atoms with Gasteiger partial charge in [-0.25, -0.2) is 4.79 Å². The van der Waals surface area contributed by atoms with Gasteiger partial charge in [0.15, 0.2) is 0 Å². The minimum Gasteiger partial charge on any atom is -0.465 e. The number of esters is 1. The fourth-order valence-electron chi connectivity index (χ4n) is 2.59. The molecule has 4 heteroatoms. The molecule has 0 aromatic heterocycles. The predicted molar refractivity (Wildman–Crippen MR) is 71.8 cm³/mol. The van der Waals surface area contributed by atoms with Crippen molar-refractivity contribution in [3.63, 3.8) is 0 Å². The Labute approximate surface area is 108 Å². The number of benzene rings is 1. The second-order valence-corrected chi connectivity index (χ2v) is 4.76. The Morgan fingerprint density at radius 2 is 2.11 bits per heavy atom. The Morgan fingerprint density at radius 1 is 1.44 bits per heavy atom. The van der Waals surface area contributed by atoms with Gasteiger partial charge in [-0.2, -0.15) is 0 Å². The van der Waals surface area contributed by atoms with Gasteiger partial charge in [-0.1, -0.05) is 0 Å². The van der Waals surface area contributed by atoms with Crippen molar-refractivity contribution in [1.29, 1.82) is 0 Å². The molecule has 1 aliphatic rings. The standard InChI is InChI=1S/C14H20N2O2/c1-10-12(9-15)7-8-16(10)13-5-3-11(4-6-13)14(17)18-2/h3-6,10,12H,7-9,15H2,1-2H3. The molecule has 1 fully saturated rings. The molecule has 18 heavy (non-hydrogen) atoms. The summed E-state index contributed by atoms with van der Waals surface area (Å²) in [7, 11) is 1.39. The molecule has 1 saturated heterocycles. The molecule has 0 aliphatic carbocycles. The summed E-state index contributed by atoms with van der Waals surface area (Å²) in [4.78, 5) is 13.7. The van der Waals surface area contributed by atoms with Crippen LogP contribution in [0.25, 0.3) is 0 Å². The number of carbonyl (C=O) groups excluding carboxylic acids is 1. The molecule has 2 unspecified atom stereocenters. The van der Waals surface area contributed by atoms with Crippen LogP contribution in [0.3, 0.4) is 0 Å². The Bertz CT molecular complexity index is 416. The van der Waals surface area contributed by atoms with Crippen molar-refractivity contribution in [2.24, 2.45) is 11.7 Å². The van der Waals surface area contributed by atoms with Gasteiger partial charge in [-0.05, 0) is 50.1 Å². The topological polar surface area (TPSA) is 55.6 Å². The van der Waals surface area contributed by atoms with Crippen molar-refractivity contribution in [2.45, 2.75) is 19.4 Å². The summed E-state index contributed by atoms with van der Waals surface area (Å²) in [5.41, 5.74) is 7.49. The van der Waals surface area contributed by atoms with Gasteiger partial charge in [-0.15, -0.1) is 0 Å². The van der Waals surface area contributed by atoms with E-state index in [-0.39, 0.29) is 5.97 Å². The van der Waals surface area contributed by atoms with Gasteiger partial charge in [0.1, 0.15) is 0 Å². The molecular weight excluding hydrogens is 228 g/mol. The molecule has 2 atom stereocenters. The average molecular weight is 248 g/mol. The fraction of sp³-hybridized carbons (Fsp3) is 0.500. The highest BCUT2D eigenvalue weighted by Gasteiger charge is 2.29. The number of rotatable bonds is 3. The van der Waals surface area contributed by atoms with Crippen molar-refractivity contribution in [2.75, 3.05) is 25.1 Å². The molecule has 0 spiro atoms. The van der Waals surface area contributed by atoms with E-state index in [4.69, 9.17) is 5.73 Å². The molecule has 98 valence electrons. The summed E-state index contributed by atoms with van der Waals surface area (Å²) in [6.07, 6.45) is 1.14. The third kappa shape index (κ3) is 2.34. The van der Waals surface area contributed by atoms with Gasteiger partial charge in [0.05, 0.1) is 12.7 Å². The number of hydrogen-bond donors (Lipinski definition) is 1. The highest BCUT2D eigenvalue weighted by atomic mass is 16.5. The molecule has 0 bridgehead atoms. The second kappa shape index (κ2) is 5.40. The van der Waals surface area contributed by atoms with Crippen LogP contribution in [-0.4, -0.2) is 32.2 Å². The quantitative estimate of drug-likeness (QED) is 0.826. The molecule has 0 radical (unpaired) electrons. The van der Waals surface area contributed by atoms with Crippen LogP contribution in [0.1, 0.15) is 23.7 Å². The number of carbonyl (C=O) groups is 1. The minimum atomic E-state index is -0.296. The molecule has 2 rings (SSSR count). The highest BCUT2D eigenvalue weighted by molar-refractivity contribution is 5.89. The Morgan fingerprint density at radius 3 is 2.61 bits per heavy atom. The van der Waals surface area contributed by atoms with Gasteiger partial charge >= 0.3 is 5.97 Å². The van der Waals surface area contributed by atoms with Gasteiger partial charge in [0.2, 0.25) is 0 Å². The molecule has 0 saturated carbocycles. The SMILES string of the molecule is COC(=O)c1ccc(N2CCC(CN)C2C)cc1. The van der Waals surface area contributed by atoms with Crippen LogP contribution < -0.4 is 10.6 Å². The van der Waals surface area contributed by atoms with Crippen LogP contribution >= 0.6 is 0 Å². The van der Waals surface area contributed by atoms with Crippen LogP contribution in [-0.2, 0) is 4.74 Å². The fourth-order valence-corrected chi connectivity index (χ4v) is 2.59. The predicted octanol–water partition coefficient (Wildman–Crippen LogP) is 1.65. The lowest BCUT2D eigenvalue weighted by molar-refractivity contribution is 0.0601. The van der Waals surface area contributed by atoms with Crippen LogP contribution in [0, 0.1) is 5.92 Å². The van der Waals surface area contributed by atoms with E-state index in [9.17, 15) is 4.79 Å². The zero-order valence-electron chi connectivity index (χ0n) is 10.9. The lowest BCUT2D eigenvalue weighted by Gasteiger charge is -2.26. The maximum absolute atomic E-state index is 11.4. The van der Waals surface area contributed by atoms with E-state index in [0.29, 0.717) is 17.5 Å². The van der Waals surface area contributed by atoms with Crippen molar-refractivity contribution >= 4 is 11.7 Å². The first-order valence-corrected chi connectivity index (χ1v) is 6.32. The highest BCUT2D eigenvalue weighted by Crippen LogP contribution is 2.29. The summed E-state index contributed by atoms with van der Waals surface area (Å²) in [5.74, 6) is 0.265. The molecule has 0 amide bonds. The first kappa shape index (κ1) is 12.9. The number of methoxy groups -OCH3 is 1. The van der Waals surface area contributed by atoms with Crippen molar-refractivity contribution in [1.82, 2.24) is 0 Å². The van der Waals surface area contributed by atoms with E-state index in [2.05, 4.69) is 16.6 Å². The first-order valence-electron chi connectivity index (χ1n) is 6.32. The van der Waals surface area contributed by atoms with Crippen LogP contribution in [0.2, 0.25) is 0 Å². The normalized spacial score (nSPS) is 23.2. The molecule has 1 aromatic rings. The number of anilines is 1. The van der Waals surface area contributed by atoms with E-state index < -0.39 is 0 Å².